The highest BCUT2D eigenvalue weighted by Crippen LogP contribution is 2.13. The van der Waals surface area contributed by atoms with E-state index < -0.39 is 0 Å². The first-order valence-corrected chi connectivity index (χ1v) is 7.13. The molecule has 0 spiro atoms. The maximum Gasteiger partial charge on any atom is 0.251 e. The Kier molecular flexibility index (Phi) is 6.83. The summed E-state index contributed by atoms with van der Waals surface area (Å²) >= 11 is 0. The molecule has 20 heavy (non-hydrogen) atoms. The summed E-state index contributed by atoms with van der Waals surface area (Å²) in [6, 6.07) is 7.31. The van der Waals surface area contributed by atoms with Crippen LogP contribution in [0, 0.1) is 17.8 Å². The van der Waals surface area contributed by atoms with Gasteiger partial charge in [0.05, 0.1) is 0 Å². The molecule has 1 aromatic carbocycles. The van der Waals surface area contributed by atoms with Crippen LogP contribution < -0.4 is 5.32 Å². The Morgan fingerprint density at radius 1 is 1.35 bits per heavy atom. The summed E-state index contributed by atoms with van der Waals surface area (Å²) in [5, 5.41) is 11.7. The van der Waals surface area contributed by atoms with Gasteiger partial charge in [0.15, 0.2) is 0 Å². The number of nitrogens with one attached hydrogen (secondary N) is 1. The van der Waals surface area contributed by atoms with E-state index in [0.717, 1.165) is 18.4 Å². The zero-order chi connectivity index (χ0) is 15.0. The highest BCUT2D eigenvalue weighted by molar-refractivity contribution is 5.94. The van der Waals surface area contributed by atoms with E-state index in [1.165, 1.54) is 0 Å². The zero-order valence-corrected chi connectivity index (χ0v) is 12.4. The molecule has 0 radical (unpaired) electrons. The van der Waals surface area contributed by atoms with Crippen LogP contribution in [0.1, 0.15) is 49.5 Å². The Bertz CT molecular complexity index is 495. The number of carbonyl (C=O) groups is 1. The molecule has 1 amide bonds. The van der Waals surface area contributed by atoms with Crippen molar-refractivity contribution in [3.63, 3.8) is 0 Å². The van der Waals surface area contributed by atoms with E-state index in [9.17, 15) is 4.79 Å². The minimum atomic E-state index is -0.178. The lowest BCUT2D eigenvalue weighted by Gasteiger charge is -2.22. The molecule has 2 N–H and O–H groups in total. The maximum atomic E-state index is 12.2. The molecule has 1 rings (SSSR count). The number of benzene rings is 1. The van der Waals surface area contributed by atoms with Crippen LogP contribution in [-0.2, 0) is 0 Å². The molecule has 0 aliphatic rings. The van der Waals surface area contributed by atoms with Crippen LogP contribution in [-0.4, -0.2) is 23.7 Å². The molecule has 0 aliphatic carbocycles. The fraction of sp³-hybridized carbons (Fsp3) is 0.471. The molecule has 108 valence electrons. The van der Waals surface area contributed by atoms with Crippen molar-refractivity contribution in [2.45, 2.75) is 39.7 Å². The third-order valence-corrected chi connectivity index (χ3v) is 3.55. The Morgan fingerprint density at radius 2 is 2.05 bits per heavy atom. The number of rotatable bonds is 5. The lowest BCUT2D eigenvalue weighted by atomic mass is 9.95. The normalized spacial score (nSPS) is 11.7. The predicted molar refractivity (Wildman–Crippen MR) is 81.4 cm³/mol. The highest BCUT2D eigenvalue weighted by Gasteiger charge is 2.16. The molecule has 3 nitrogen and oxygen atoms in total. The van der Waals surface area contributed by atoms with Gasteiger partial charge in [0.1, 0.15) is 6.61 Å². The van der Waals surface area contributed by atoms with Crippen LogP contribution in [0.25, 0.3) is 0 Å². The molecule has 1 atom stereocenters. The monoisotopic (exact) mass is 273 g/mol. The van der Waals surface area contributed by atoms with Gasteiger partial charge in [-0.05, 0) is 31.0 Å². The van der Waals surface area contributed by atoms with Crippen molar-refractivity contribution in [1.82, 2.24) is 5.32 Å². The first-order chi connectivity index (χ1) is 9.62. The number of hydrogen-bond donors (Lipinski definition) is 2. The smallest absolute Gasteiger partial charge is 0.251 e. The number of aliphatic hydroxyl groups is 1. The standard InChI is InChI=1S/C17H23NO2/c1-4-15(5-2)13(3)18-17(20)16-10-6-8-14(12-16)9-7-11-19/h6,8,10,12-13,15,19H,4-5,11H2,1-3H3,(H,18,20). The molecule has 0 bridgehead atoms. The SMILES string of the molecule is CCC(CC)C(C)NC(=O)c1cccc(C#CCO)c1. The molecule has 1 aromatic rings. The van der Waals surface area contributed by atoms with Crippen molar-refractivity contribution in [1.29, 1.82) is 0 Å². The van der Waals surface area contributed by atoms with Crippen LogP contribution in [0.3, 0.4) is 0 Å². The summed E-state index contributed by atoms with van der Waals surface area (Å²) in [5.74, 6) is 5.81. The number of hydrogen-bond acceptors (Lipinski definition) is 2. The van der Waals surface area contributed by atoms with Gasteiger partial charge in [-0.25, -0.2) is 0 Å². The van der Waals surface area contributed by atoms with Crippen LogP contribution in [0.2, 0.25) is 0 Å². The Balaban J connectivity index is 2.77. The van der Waals surface area contributed by atoms with E-state index in [4.69, 9.17) is 5.11 Å². The zero-order valence-electron chi connectivity index (χ0n) is 12.4. The van der Waals surface area contributed by atoms with Crippen LogP contribution in [0.15, 0.2) is 24.3 Å². The van der Waals surface area contributed by atoms with E-state index in [-0.39, 0.29) is 18.6 Å². The quantitative estimate of drug-likeness (QED) is 0.810. The van der Waals surface area contributed by atoms with Gasteiger partial charge in [0.2, 0.25) is 0 Å². The number of aliphatic hydroxyl groups excluding tert-OH is 1. The highest BCUT2D eigenvalue weighted by atomic mass is 16.2. The summed E-state index contributed by atoms with van der Waals surface area (Å²) in [5.41, 5.74) is 1.34. The fourth-order valence-electron chi connectivity index (χ4n) is 2.28. The topological polar surface area (TPSA) is 49.3 Å². The molecular formula is C17H23NO2. The van der Waals surface area contributed by atoms with Gasteiger partial charge in [0, 0.05) is 17.2 Å². The molecule has 3 heteroatoms. The molecule has 0 aliphatic heterocycles. The average molecular weight is 273 g/mol. The fourth-order valence-corrected chi connectivity index (χ4v) is 2.28. The van der Waals surface area contributed by atoms with E-state index in [0.29, 0.717) is 11.5 Å². The molecule has 0 fully saturated rings. The second-order valence-electron chi connectivity index (χ2n) is 4.88. The van der Waals surface area contributed by atoms with Crippen molar-refractivity contribution in [2.24, 2.45) is 5.92 Å². The summed E-state index contributed by atoms with van der Waals surface area (Å²) < 4.78 is 0. The summed E-state index contributed by atoms with van der Waals surface area (Å²) in [4.78, 5) is 12.2. The van der Waals surface area contributed by atoms with Gasteiger partial charge >= 0.3 is 0 Å². The molecular weight excluding hydrogens is 250 g/mol. The average Bonchev–Trinajstić information content (AvgIpc) is 2.46. The number of amides is 1. The second-order valence-corrected chi connectivity index (χ2v) is 4.88. The van der Waals surface area contributed by atoms with E-state index in [1.807, 2.05) is 13.0 Å². The Morgan fingerprint density at radius 3 is 2.65 bits per heavy atom. The lowest BCUT2D eigenvalue weighted by molar-refractivity contribution is 0.0925. The van der Waals surface area contributed by atoms with Gasteiger partial charge in [-0.15, -0.1) is 0 Å². The molecule has 0 saturated carbocycles. The third-order valence-electron chi connectivity index (χ3n) is 3.55. The van der Waals surface area contributed by atoms with Crippen LogP contribution >= 0.6 is 0 Å². The second kappa shape index (κ2) is 8.39. The summed E-state index contributed by atoms with van der Waals surface area (Å²) in [6.45, 7) is 6.15. The van der Waals surface area contributed by atoms with Gasteiger partial charge < -0.3 is 10.4 Å². The molecule has 0 saturated heterocycles. The largest absolute Gasteiger partial charge is 0.384 e. The maximum absolute atomic E-state index is 12.2. The van der Waals surface area contributed by atoms with Crippen molar-refractivity contribution >= 4 is 5.91 Å². The first kappa shape index (κ1) is 16.3. The Hall–Kier alpha value is -1.79. The van der Waals surface area contributed by atoms with Gasteiger partial charge in [-0.1, -0.05) is 44.6 Å². The van der Waals surface area contributed by atoms with E-state index >= 15 is 0 Å². The molecule has 1 unspecified atom stereocenters. The van der Waals surface area contributed by atoms with Crippen LogP contribution in [0.4, 0.5) is 0 Å². The first-order valence-electron chi connectivity index (χ1n) is 7.13. The van der Waals surface area contributed by atoms with Gasteiger partial charge in [0.25, 0.3) is 5.91 Å². The van der Waals surface area contributed by atoms with Crippen molar-refractivity contribution in [3.05, 3.63) is 35.4 Å². The van der Waals surface area contributed by atoms with Crippen LogP contribution in [0.5, 0.6) is 0 Å². The van der Waals surface area contributed by atoms with Gasteiger partial charge in [-0.2, -0.15) is 0 Å². The lowest BCUT2D eigenvalue weighted by Crippen LogP contribution is -2.37. The minimum absolute atomic E-state index is 0.0722. The van der Waals surface area contributed by atoms with Crippen molar-refractivity contribution in [3.8, 4) is 11.8 Å². The summed E-state index contributed by atoms with van der Waals surface area (Å²) in [7, 11) is 0. The number of carbonyl (C=O) groups excluding carboxylic acids is 1. The minimum Gasteiger partial charge on any atom is -0.384 e. The Labute approximate surface area is 121 Å². The van der Waals surface area contributed by atoms with Crippen molar-refractivity contribution in [2.75, 3.05) is 6.61 Å². The predicted octanol–water partition coefficient (Wildman–Crippen LogP) is 2.58. The van der Waals surface area contributed by atoms with E-state index in [2.05, 4.69) is 31.0 Å². The molecule has 0 heterocycles. The van der Waals surface area contributed by atoms with Gasteiger partial charge in [-0.3, -0.25) is 4.79 Å². The third kappa shape index (κ3) is 4.71. The van der Waals surface area contributed by atoms with Crippen molar-refractivity contribution < 1.29 is 9.90 Å². The van der Waals surface area contributed by atoms with E-state index in [1.54, 1.807) is 18.2 Å². The molecule has 0 aromatic heterocycles. The summed E-state index contributed by atoms with van der Waals surface area (Å²) in [6.07, 6.45) is 2.11.